The first-order valence-corrected chi connectivity index (χ1v) is 10.7. The Morgan fingerprint density at radius 2 is 1.90 bits per heavy atom. The summed E-state index contributed by atoms with van der Waals surface area (Å²) in [6.07, 6.45) is 0. The Morgan fingerprint density at radius 3 is 2.57 bits per heavy atom. The van der Waals surface area contributed by atoms with Gasteiger partial charge in [-0.1, -0.05) is 22.9 Å². The largest absolute Gasteiger partial charge is 0.282 e. The molecule has 0 atom stereocenters. The van der Waals surface area contributed by atoms with Gasteiger partial charge in [0.2, 0.25) is 0 Å². The molecule has 0 aliphatic heterocycles. The smallest absolute Gasteiger partial charge is 0.260 e. The van der Waals surface area contributed by atoms with Crippen LogP contribution in [0.1, 0.15) is 27.3 Å². The highest BCUT2D eigenvalue weighted by Crippen LogP contribution is 2.33. The molecule has 2 heterocycles. The molecule has 0 unspecified atom stereocenters. The monoisotopic (exact) mass is 442 g/mol. The highest BCUT2D eigenvalue weighted by atomic mass is 35.5. The Hall–Kier alpha value is -2.77. The Balaban J connectivity index is 1.72. The van der Waals surface area contributed by atoms with Crippen LogP contribution in [0.15, 0.2) is 42.5 Å². The third-order valence-corrected chi connectivity index (χ3v) is 6.09. The summed E-state index contributed by atoms with van der Waals surface area (Å²) in [5.41, 5.74) is 4.12. The van der Waals surface area contributed by atoms with E-state index in [4.69, 9.17) is 16.6 Å². The average molecular weight is 443 g/mol. The minimum absolute atomic E-state index is 0.237. The van der Waals surface area contributed by atoms with E-state index in [2.05, 4.69) is 5.10 Å². The van der Waals surface area contributed by atoms with Crippen LogP contribution in [0.5, 0.6) is 0 Å². The third kappa shape index (κ3) is 4.08. The van der Waals surface area contributed by atoms with Gasteiger partial charge >= 0.3 is 0 Å². The number of fused-ring (bicyclic) bond motifs is 1. The van der Waals surface area contributed by atoms with E-state index >= 15 is 0 Å². The van der Waals surface area contributed by atoms with Crippen molar-refractivity contribution in [2.45, 2.75) is 27.3 Å². The number of hydrogen-bond acceptors (Lipinski definition) is 4. The maximum Gasteiger partial charge on any atom is 0.260 e. The first-order chi connectivity index (χ1) is 14.3. The van der Waals surface area contributed by atoms with Gasteiger partial charge in [-0.3, -0.25) is 14.4 Å². The van der Waals surface area contributed by atoms with E-state index in [1.54, 1.807) is 4.90 Å². The number of rotatable bonds is 5. The van der Waals surface area contributed by atoms with Gasteiger partial charge < -0.3 is 0 Å². The predicted molar refractivity (Wildman–Crippen MR) is 119 cm³/mol. The molecule has 4 rings (SSSR count). The number of carbonyl (C=O) groups excluding carboxylic acids is 1. The average Bonchev–Trinajstić information content (AvgIpc) is 3.25. The highest BCUT2D eigenvalue weighted by Gasteiger charge is 2.22. The number of halogens is 2. The second-order valence-corrected chi connectivity index (χ2v) is 8.63. The fraction of sp³-hybridized carbons (Fsp3) is 0.227. The number of aromatic nitrogens is 3. The van der Waals surface area contributed by atoms with Crippen molar-refractivity contribution in [2.75, 3.05) is 11.4 Å². The molecule has 0 saturated heterocycles. The first-order valence-electron chi connectivity index (χ1n) is 9.47. The summed E-state index contributed by atoms with van der Waals surface area (Å²) in [5.74, 6) is -0.620. The van der Waals surface area contributed by atoms with Crippen molar-refractivity contribution >= 4 is 44.2 Å². The summed E-state index contributed by atoms with van der Waals surface area (Å²) in [7, 11) is 0. The number of aryl methyl sites for hydroxylation is 3. The molecule has 0 aliphatic rings. The lowest BCUT2D eigenvalue weighted by atomic mass is 10.2. The summed E-state index contributed by atoms with van der Waals surface area (Å²) >= 11 is 7.61. The Morgan fingerprint density at radius 1 is 1.17 bits per heavy atom. The van der Waals surface area contributed by atoms with Gasteiger partial charge in [-0.2, -0.15) is 5.10 Å². The van der Waals surface area contributed by atoms with Gasteiger partial charge in [0, 0.05) is 22.8 Å². The quantitative estimate of drug-likeness (QED) is 0.406. The maximum absolute atomic E-state index is 13.4. The predicted octanol–water partition coefficient (Wildman–Crippen LogP) is 5.56. The normalized spacial score (nSPS) is 11.2. The standard InChI is InChI=1S/C22H20ClFN4OS/c1-13-10-17(23)12-19-20(13)25-22(30-19)27(8-9-28-15(3)11-14(2)26-28)21(29)16-4-6-18(24)7-5-16/h4-7,10-12H,8-9H2,1-3H3. The molecule has 154 valence electrons. The van der Waals surface area contributed by atoms with Crippen molar-refractivity contribution in [1.29, 1.82) is 0 Å². The summed E-state index contributed by atoms with van der Waals surface area (Å²) in [6, 6.07) is 11.3. The number of carbonyl (C=O) groups is 1. The Labute approximate surface area is 182 Å². The van der Waals surface area contributed by atoms with Crippen molar-refractivity contribution in [3.63, 3.8) is 0 Å². The lowest BCUT2D eigenvalue weighted by molar-refractivity contribution is 0.0985. The van der Waals surface area contributed by atoms with Crippen molar-refractivity contribution in [3.05, 3.63) is 75.8 Å². The van der Waals surface area contributed by atoms with Crippen LogP contribution < -0.4 is 4.90 Å². The molecule has 5 nitrogen and oxygen atoms in total. The van der Waals surface area contributed by atoms with Crippen LogP contribution in [0.3, 0.4) is 0 Å². The molecule has 2 aromatic heterocycles. The van der Waals surface area contributed by atoms with Crippen molar-refractivity contribution in [3.8, 4) is 0 Å². The van der Waals surface area contributed by atoms with E-state index in [1.165, 1.54) is 35.6 Å². The van der Waals surface area contributed by atoms with E-state index in [-0.39, 0.29) is 11.7 Å². The first kappa shape index (κ1) is 20.5. The zero-order valence-corrected chi connectivity index (χ0v) is 18.4. The van der Waals surface area contributed by atoms with E-state index in [0.717, 1.165) is 27.2 Å². The van der Waals surface area contributed by atoms with E-state index in [1.807, 2.05) is 43.7 Å². The fourth-order valence-electron chi connectivity index (χ4n) is 3.39. The summed E-state index contributed by atoms with van der Waals surface area (Å²) in [4.78, 5) is 19.7. The van der Waals surface area contributed by atoms with Gasteiger partial charge in [-0.05, 0) is 68.8 Å². The second-order valence-electron chi connectivity index (χ2n) is 7.18. The number of benzene rings is 2. The molecule has 0 saturated carbocycles. The molecule has 0 fully saturated rings. The number of anilines is 1. The van der Waals surface area contributed by atoms with Crippen molar-refractivity contribution in [1.82, 2.24) is 14.8 Å². The zero-order chi connectivity index (χ0) is 21.4. The number of nitrogens with zero attached hydrogens (tertiary/aromatic N) is 4. The van der Waals surface area contributed by atoms with Crippen LogP contribution in [-0.4, -0.2) is 27.2 Å². The molecule has 0 bridgehead atoms. The molecule has 1 amide bonds. The molecule has 2 aromatic carbocycles. The molecule has 8 heteroatoms. The SMILES string of the molecule is Cc1cc(C)n(CCN(C(=O)c2ccc(F)cc2)c2nc3c(C)cc(Cl)cc3s2)n1. The summed E-state index contributed by atoms with van der Waals surface area (Å²) in [6.45, 7) is 6.76. The van der Waals surface area contributed by atoms with Crippen molar-refractivity contribution in [2.24, 2.45) is 0 Å². The molecular weight excluding hydrogens is 423 g/mol. The van der Waals surface area contributed by atoms with E-state index in [9.17, 15) is 9.18 Å². The van der Waals surface area contributed by atoms with E-state index < -0.39 is 0 Å². The highest BCUT2D eigenvalue weighted by molar-refractivity contribution is 7.22. The number of hydrogen-bond donors (Lipinski definition) is 0. The van der Waals surface area contributed by atoms with Crippen LogP contribution >= 0.6 is 22.9 Å². The van der Waals surface area contributed by atoms with Gasteiger partial charge in [0.15, 0.2) is 5.13 Å². The van der Waals surface area contributed by atoms with Crippen LogP contribution in [-0.2, 0) is 6.54 Å². The lowest BCUT2D eigenvalue weighted by Gasteiger charge is -2.20. The van der Waals surface area contributed by atoms with E-state index in [0.29, 0.717) is 28.8 Å². The zero-order valence-electron chi connectivity index (χ0n) is 16.8. The van der Waals surface area contributed by atoms with Crippen LogP contribution in [0.4, 0.5) is 9.52 Å². The van der Waals surface area contributed by atoms with Gasteiger partial charge in [-0.15, -0.1) is 0 Å². The molecule has 0 N–H and O–H groups in total. The molecular formula is C22H20ClFN4OS. The fourth-order valence-corrected chi connectivity index (χ4v) is 4.83. The minimum atomic E-state index is -0.383. The third-order valence-electron chi connectivity index (χ3n) is 4.84. The van der Waals surface area contributed by atoms with Gasteiger partial charge in [0.1, 0.15) is 5.82 Å². The van der Waals surface area contributed by atoms with Gasteiger partial charge in [0.25, 0.3) is 5.91 Å². The lowest BCUT2D eigenvalue weighted by Crippen LogP contribution is -2.34. The van der Waals surface area contributed by atoms with Crippen LogP contribution in [0.25, 0.3) is 10.2 Å². The topological polar surface area (TPSA) is 51.0 Å². The molecule has 0 radical (unpaired) electrons. The molecule has 0 aliphatic carbocycles. The maximum atomic E-state index is 13.4. The molecule has 4 aromatic rings. The molecule has 30 heavy (non-hydrogen) atoms. The Bertz CT molecular complexity index is 1230. The van der Waals surface area contributed by atoms with Gasteiger partial charge in [-0.25, -0.2) is 9.37 Å². The summed E-state index contributed by atoms with van der Waals surface area (Å²) in [5, 5.41) is 5.69. The molecule has 0 spiro atoms. The Kier molecular flexibility index (Phi) is 5.58. The van der Waals surface area contributed by atoms with Crippen LogP contribution in [0.2, 0.25) is 5.02 Å². The van der Waals surface area contributed by atoms with Gasteiger partial charge in [0.05, 0.1) is 22.5 Å². The number of amides is 1. The minimum Gasteiger partial charge on any atom is -0.282 e. The number of thiazole rings is 1. The summed E-state index contributed by atoms with van der Waals surface area (Å²) < 4.78 is 16.1. The van der Waals surface area contributed by atoms with Crippen LogP contribution in [0, 0.1) is 26.6 Å². The van der Waals surface area contributed by atoms with Crippen molar-refractivity contribution < 1.29 is 9.18 Å². The second kappa shape index (κ2) is 8.16.